The van der Waals surface area contributed by atoms with Crippen LogP contribution in [0.4, 0.5) is 0 Å². The van der Waals surface area contributed by atoms with Crippen molar-refractivity contribution in [2.45, 2.75) is 0 Å². The first-order chi connectivity index (χ1) is 9.66. The first-order valence-electron chi connectivity index (χ1n) is 5.93. The molecule has 5 heteroatoms. The minimum absolute atomic E-state index is 0.282. The Hall–Kier alpha value is -2.02. The van der Waals surface area contributed by atoms with Crippen LogP contribution in [0, 0.1) is 3.57 Å². The van der Waals surface area contributed by atoms with E-state index in [0.29, 0.717) is 11.2 Å². The molecule has 20 heavy (non-hydrogen) atoms. The Morgan fingerprint density at radius 3 is 2.50 bits per heavy atom. The van der Waals surface area contributed by atoms with Gasteiger partial charge in [-0.2, -0.15) is 0 Å². The Balaban J connectivity index is 2.00. The Morgan fingerprint density at radius 2 is 1.75 bits per heavy atom. The van der Waals surface area contributed by atoms with Crippen molar-refractivity contribution in [3.05, 3.63) is 69.7 Å². The topological polar surface area (TPSA) is 51.4 Å². The average molecular weight is 376 g/mol. The number of halogens is 1. The molecular formula is C15H9IN2O2. The van der Waals surface area contributed by atoms with Crippen LogP contribution in [0.1, 0.15) is 20.8 Å². The monoisotopic (exact) mass is 376 g/mol. The van der Waals surface area contributed by atoms with Crippen LogP contribution in [0.2, 0.25) is 0 Å². The van der Waals surface area contributed by atoms with Crippen LogP contribution in [0.3, 0.4) is 0 Å². The van der Waals surface area contributed by atoms with E-state index in [4.69, 9.17) is 0 Å². The van der Waals surface area contributed by atoms with Crippen molar-refractivity contribution in [1.82, 2.24) is 9.38 Å². The van der Waals surface area contributed by atoms with E-state index in [9.17, 15) is 9.59 Å². The SMILES string of the molecule is O=C(C(=O)c1cnc2ccccn12)c1ccc(I)cc1. The minimum atomic E-state index is -0.551. The molecule has 0 unspecified atom stereocenters. The van der Waals surface area contributed by atoms with E-state index >= 15 is 0 Å². The molecule has 0 saturated carbocycles. The zero-order valence-electron chi connectivity index (χ0n) is 10.3. The zero-order chi connectivity index (χ0) is 14.1. The predicted octanol–water partition coefficient (Wildman–Crippen LogP) is 3.00. The molecule has 0 fully saturated rings. The number of hydrogen-bond acceptors (Lipinski definition) is 3. The summed E-state index contributed by atoms with van der Waals surface area (Å²) in [5.41, 5.74) is 1.32. The number of benzene rings is 1. The van der Waals surface area contributed by atoms with Gasteiger partial charge in [0.15, 0.2) is 0 Å². The lowest BCUT2D eigenvalue weighted by atomic mass is 10.1. The summed E-state index contributed by atoms with van der Waals surface area (Å²) < 4.78 is 2.63. The van der Waals surface area contributed by atoms with Gasteiger partial charge in [0.25, 0.3) is 5.78 Å². The summed E-state index contributed by atoms with van der Waals surface area (Å²) in [7, 11) is 0. The molecule has 0 amide bonds. The number of hydrogen-bond donors (Lipinski definition) is 0. The first-order valence-corrected chi connectivity index (χ1v) is 7.01. The normalized spacial score (nSPS) is 10.7. The maximum atomic E-state index is 12.3. The van der Waals surface area contributed by atoms with E-state index in [0.717, 1.165) is 3.57 Å². The van der Waals surface area contributed by atoms with Gasteiger partial charge in [-0.05, 0) is 59.0 Å². The van der Waals surface area contributed by atoms with Crippen LogP contribution < -0.4 is 0 Å². The number of fused-ring (bicyclic) bond motifs is 1. The molecule has 1 aromatic carbocycles. The molecule has 2 heterocycles. The van der Waals surface area contributed by atoms with Gasteiger partial charge in [-0.1, -0.05) is 6.07 Å². The van der Waals surface area contributed by atoms with Crippen molar-refractivity contribution in [2.24, 2.45) is 0 Å². The predicted molar refractivity (Wildman–Crippen MR) is 83.0 cm³/mol. The van der Waals surface area contributed by atoms with E-state index in [1.54, 1.807) is 47.0 Å². The van der Waals surface area contributed by atoms with Gasteiger partial charge in [-0.3, -0.25) is 14.0 Å². The number of carbonyl (C=O) groups is 2. The Labute approximate surface area is 128 Å². The highest BCUT2D eigenvalue weighted by molar-refractivity contribution is 14.1. The van der Waals surface area contributed by atoms with Crippen molar-refractivity contribution in [3.8, 4) is 0 Å². The van der Waals surface area contributed by atoms with Crippen molar-refractivity contribution >= 4 is 39.8 Å². The highest BCUT2D eigenvalue weighted by Gasteiger charge is 2.21. The van der Waals surface area contributed by atoms with Gasteiger partial charge in [0.05, 0.1) is 6.20 Å². The molecule has 0 spiro atoms. The summed E-state index contributed by atoms with van der Waals surface area (Å²) in [6, 6.07) is 12.3. The molecule has 0 bridgehead atoms. The van der Waals surface area contributed by atoms with Crippen molar-refractivity contribution < 1.29 is 9.59 Å². The van der Waals surface area contributed by atoms with Crippen LogP contribution in [-0.2, 0) is 0 Å². The maximum absolute atomic E-state index is 12.3. The van der Waals surface area contributed by atoms with Crippen LogP contribution >= 0.6 is 22.6 Å². The summed E-state index contributed by atoms with van der Waals surface area (Å²) in [4.78, 5) is 28.6. The molecule has 0 atom stereocenters. The number of carbonyl (C=O) groups excluding carboxylic acids is 2. The van der Waals surface area contributed by atoms with E-state index in [1.807, 2.05) is 6.07 Å². The van der Waals surface area contributed by atoms with Crippen molar-refractivity contribution in [1.29, 1.82) is 0 Å². The molecular weight excluding hydrogens is 367 g/mol. The third-order valence-corrected chi connectivity index (χ3v) is 3.68. The second-order valence-corrected chi connectivity index (χ2v) is 5.48. The lowest BCUT2D eigenvalue weighted by molar-refractivity contribution is 0.0813. The maximum Gasteiger partial charge on any atom is 0.251 e. The lowest BCUT2D eigenvalue weighted by Crippen LogP contribution is -2.16. The summed E-state index contributed by atoms with van der Waals surface area (Å²) in [6.07, 6.45) is 3.15. The summed E-state index contributed by atoms with van der Waals surface area (Å²) in [5, 5.41) is 0. The lowest BCUT2D eigenvalue weighted by Gasteiger charge is -2.01. The number of aromatic nitrogens is 2. The average Bonchev–Trinajstić information content (AvgIpc) is 2.90. The molecule has 3 rings (SSSR count). The van der Waals surface area contributed by atoms with E-state index < -0.39 is 11.6 Å². The second kappa shape index (κ2) is 5.16. The van der Waals surface area contributed by atoms with Gasteiger partial charge in [0.1, 0.15) is 11.3 Å². The van der Waals surface area contributed by atoms with Crippen LogP contribution in [0.15, 0.2) is 54.9 Å². The second-order valence-electron chi connectivity index (χ2n) is 4.24. The quantitative estimate of drug-likeness (QED) is 0.401. The molecule has 4 nitrogen and oxygen atoms in total. The Morgan fingerprint density at radius 1 is 1.00 bits per heavy atom. The molecule has 2 aromatic heterocycles. The fourth-order valence-corrected chi connectivity index (χ4v) is 2.31. The number of imidazole rings is 1. The van der Waals surface area contributed by atoms with Crippen LogP contribution in [-0.4, -0.2) is 21.0 Å². The first kappa shape index (κ1) is 13.0. The van der Waals surface area contributed by atoms with Gasteiger partial charge < -0.3 is 0 Å². The number of nitrogens with zero attached hydrogens (tertiary/aromatic N) is 2. The van der Waals surface area contributed by atoms with Gasteiger partial charge in [-0.15, -0.1) is 0 Å². The molecule has 98 valence electrons. The zero-order valence-corrected chi connectivity index (χ0v) is 12.4. The highest BCUT2D eigenvalue weighted by atomic mass is 127. The third-order valence-electron chi connectivity index (χ3n) is 2.96. The van der Waals surface area contributed by atoms with Gasteiger partial charge in [-0.25, -0.2) is 4.98 Å². The summed E-state index contributed by atoms with van der Waals surface area (Å²) >= 11 is 2.15. The Bertz CT molecular complexity index is 806. The summed E-state index contributed by atoms with van der Waals surface area (Å²) in [6.45, 7) is 0. The van der Waals surface area contributed by atoms with E-state index in [2.05, 4.69) is 27.6 Å². The molecule has 0 aliphatic carbocycles. The van der Waals surface area contributed by atoms with Crippen LogP contribution in [0.25, 0.3) is 5.65 Å². The largest absolute Gasteiger partial charge is 0.297 e. The number of rotatable bonds is 3. The number of ketones is 2. The Kier molecular flexibility index (Phi) is 3.35. The van der Waals surface area contributed by atoms with Gasteiger partial charge >= 0.3 is 0 Å². The standard InChI is InChI=1S/C15H9IN2O2/c16-11-6-4-10(5-7-11)14(19)15(20)12-9-17-13-3-1-2-8-18(12)13/h1-9H. The number of Topliss-reactive ketones (excluding diaryl/α,β-unsaturated/α-hetero) is 2. The van der Waals surface area contributed by atoms with Crippen molar-refractivity contribution in [2.75, 3.05) is 0 Å². The van der Waals surface area contributed by atoms with E-state index in [1.165, 1.54) is 6.20 Å². The smallest absolute Gasteiger partial charge is 0.251 e. The molecule has 0 radical (unpaired) electrons. The van der Waals surface area contributed by atoms with Crippen LogP contribution in [0.5, 0.6) is 0 Å². The van der Waals surface area contributed by atoms with E-state index in [-0.39, 0.29) is 5.69 Å². The van der Waals surface area contributed by atoms with Crippen molar-refractivity contribution in [3.63, 3.8) is 0 Å². The van der Waals surface area contributed by atoms with Gasteiger partial charge in [0, 0.05) is 15.3 Å². The fourth-order valence-electron chi connectivity index (χ4n) is 1.95. The fraction of sp³-hybridized carbons (Fsp3) is 0. The molecule has 0 aliphatic rings. The molecule has 0 saturated heterocycles. The third kappa shape index (κ3) is 2.24. The minimum Gasteiger partial charge on any atom is -0.297 e. The van der Waals surface area contributed by atoms with Gasteiger partial charge in [0.2, 0.25) is 5.78 Å². The number of pyridine rings is 1. The summed E-state index contributed by atoms with van der Waals surface area (Å²) in [5.74, 6) is -1.07. The highest BCUT2D eigenvalue weighted by Crippen LogP contribution is 2.12. The molecule has 3 aromatic rings. The molecule has 0 N–H and O–H groups in total. The molecule has 0 aliphatic heterocycles.